The first-order valence-electron chi connectivity index (χ1n) is 6.54. The molecule has 2 rings (SSSR count). The zero-order valence-corrected chi connectivity index (χ0v) is 14.5. The van der Waals surface area contributed by atoms with Crippen LogP contribution >= 0.6 is 31.9 Å². The van der Waals surface area contributed by atoms with Gasteiger partial charge in [0.05, 0.1) is 0 Å². The van der Waals surface area contributed by atoms with E-state index in [1.807, 2.05) is 24.3 Å². The molecule has 0 amide bonds. The van der Waals surface area contributed by atoms with Gasteiger partial charge < -0.3 is 0 Å². The Hall–Kier alpha value is -0.670. The molecule has 0 nitrogen and oxygen atoms in total. The molecule has 0 fully saturated rings. The Bertz CT molecular complexity index is 577. The molecule has 0 aliphatic carbocycles. The second-order valence-electron chi connectivity index (χ2n) is 5.13. The predicted molar refractivity (Wildman–Crippen MR) is 90.5 cm³/mol. The number of alkyl halides is 2. The Morgan fingerprint density at radius 2 is 1.55 bits per heavy atom. The maximum absolute atomic E-state index is 14.2. The molecule has 0 saturated heterocycles. The maximum Gasteiger partial charge on any atom is 0.127 e. The molecule has 0 unspecified atom stereocenters. The molecule has 20 heavy (non-hydrogen) atoms. The van der Waals surface area contributed by atoms with Crippen LogP contribution in [0.3, 0.4) is 0 Å². The minimum Gasteiger partial charge on any atom is -0.207 e. The largest absolute Gasteiger partial charge is 0.207 e. The Kier molecular flexibility index (Phi) is 5.39. The lowest BCUT2D eigenvalue weighted by Crippen LogP contribution is -2.34. The molecular formula is C17H17Br2F. The Morgan fingerprint density at radius 3 is 2.15 bits per heavy atom. The van der Waals surface area contributed by atoms with E-state index in [0.717, 1.165) is 12.0 Å². The molecule has 0 aromatic heterocycles. The van der Waals surface area contributed by atoms with Crippen molar-refractivity contribution in [1.29, 1.82) is 0 Å². The van der Waals surface area contributed by atoms with E-state index >= 15 is 0 Å². The van der Waals surface area contributed by atoms with Crippen molar-refractivity contribution in [1.82, 2.24) is 0 Å². The van der Waals surface area contributed by atoms with Crippen molar-refractivity contribution in [3.05, 3.63) is 71.0 Å². The molecule has 2 aromatic carbocycles. The molecule has 0 bridgehead atoms. The molecule has 106 valence electrons. The first-order chi connectivity index (χ1) is 9.63. The Balaban J connectivity index is 2.46. The van der Waals surface area contributed by atoms with Crippen LogP contribution in [0.15, 0.2) is 48.5 Å². The van der Waals surface area contributed by atoms with Crippen molar-refractivity contribution < 1.29 is 4.39 Å². The predicted octanol–water partition coefficient (Wildman–Crippen LogP) is 5.40. The van der Waals surface area contributed by atoms with Crippen LogP contribution in [0.5, 0.6) is 0 Å². The summed E-state index contributed by atoms with van der Waals surface area (Å²) in [6, 6.07) is 15.3. The highest BCUT2D eigenvalue weighted by Gasteiger charge is 2.33. The van der Waals surface area contributed by atoms with Crippen LogP contribution in [0, 0.1) is 12.7 Å². The average Bonchev–Trinajstić information content (AvgIpc) is 2.48. The number of halogens is 3. The fraction of sp³-hybridized carbons (Fsp3) is 0.294. The van der Waals surface area contributed by atoms with Crippen LogP contribution in [-0.4, -0.2) is 10.7 Å². The van der Waals surface area contributed by atoms with E-state index in [1.165, 1.54) is 17.2 Å². The lowest BCUT2D eigenvalue weighted by molar-refractivity contribution is 0.500. The number of rotatable bonds is 5. The first-order valence-corrected chi connectivity index (χ1v) is 8.79. The van der Waals surface area contributed by atoms with Crippen LogP contribution in [-0.2, 0) is 11.8 Å². The summed E-state index contributed by atoms with van der Waals surface area (Å²) >= 11 is 7.18. The highest BCUT2D eigenvalue weighted by atomic mass is 79.9. The van der Waals surface area contributed by atoms with Gasteiger partial charge in [-0.2, -0.15) is 0 Å². The molecule has 0 atom stereocenters. The van der Waals surface area contributed by atoms with Crippen LogP contribution in [0.25, 0.3) is 0 Å². The quantitative estimate of drug-likeness (QED) is 0.590. The summed E-state index contributed by atoms with van der Waals surface area (Å²) in [5.41, 5.74) is 2.99. The van der Waals surface area contributed by atoms with E-state index in [2.05, 4.69) is 50.9 Å². The zero-order chi connectivity index (χ0) is 14.6. The summed E-state index contributed by atoms with van der Waals surface area (Å²) < 4.78 is 14.2. The molecule has 3 heteroatoms. The Morgan fingerprint density at radius 1 is 0.950 bits per heavy atom. The monoisotopic (exact) mass is 398 g/mol. The SMILES string of the molecule is Cc1ccccc1CC(CBr)(CBr)c1ccccc1F. The number of hydrogen-bond donors (Lipinski definition) is 0. The fourth-order valence-electron chi connectivity index (χ4n) is 2.43. The summed E-state index contributed by atoms with van der Waals surface area (Å²) in [7, 11) is 0. The van der Waals surface area contributed by atoms with Crippen LogP contribution < -0.4 is 0 Å². The number of aryl methyl sites for hydroxylation is 1. The van der Waals surface area contributed by atoms with Gasteiger partial charge >= 0.3 is 0 Å². The van der Waals surface area contributed by atoms with Crippen LogP contribution in [0.1, 0.15) is 16.7 Å². The molecule has 0 saturated carbocycles. The van der Waals surface area contributed by atoms with E-state index < -0.39 is 0 Å². The van der Waals surface area contributed by atoms with Crippen molar-refractivity contribution in [3.63, 3.8) is 0 Å². The number of hydrogen-bond acceptors (Lipinski definition) is 0. The minimum atomic E-state index is -0.280. The van der Waals surface area contributed by atoms with Crippen molar-refractivity contribution in [2.45, 2.75) is 18.8 Å². The third-order valence-electron chi connectivity index (χ3n) is 3.75. The lowest BCUT2D eigenvalue weighted by atomic mass is 9.78. The molecule has 0 spiro atoms. The van der Waals surface area contributed by atoms with Gasteiger partial charge in [0.1, 0.15) is 5.82 Å². The maximum atomic E-state index is 14.2. The van der Waals surface area contributed by atoms with E-state index in [-0.39, 0.29) is 11.2 Å². The summed E-state index contributed by atoms with van der Waals surface area (Å²) in [5.74, 6) is -0.139. The smallest absolute Gasteiger partial charge is 0.127 e. The van der Waals surface area contributed by atoms with Crippen molar-refractivity contribution in [3.8, 4) is 0 Å². The first kappa shape index (κ1) is 15.7. The summed E-state index contributed by atoms with van der Waals surface area (Å²) in [6.45, 7) is 2.10. The van der Waals surface area contributed by atoms with Crippen LogP contribution in [0.4, 0.5) is 4.39 Å². The van der Waals surface area contributed by atoms with Crippen molar-refractivity contribution in [2.75, 3.05) is 10.7 Å². The van der Waals surface area contributed by atoms with Gasteiger partial charge in [-0.15, -0.1) is 0 Å². The van der Waals surface area contributed by atoms with Gasteiger partial charge in [-0.25, -0.2) is 4.39 Å². The van der Waals surface area contributed by atoms with E-state index in [9.17, 15) is 4.39 Å². The lowest BCUT2D eigenvalue weighted by Gasteiger charge is -2.31. The van der Waals surface area contributed by atoms with Gasteiger partial charge in [0.2, 0.25) is 0 Å². The molecule has 2 aromatic rings. The van der Waals surface area contributed by atoms with Gasteiger partial charge in [-0.05, 0) is 36.1 Å². The van der Waals surface area contributed by atoms with E-state index in [1.54, 1.807) is 6.07 Å². The summed E-state index contributed by atoms with van der Waals surface area (Å²) in [4.78, 5) is 0. The van der Waals surface area contributed by atoms with Gasteiger partial charge in [0.15, 0.2) is 0 Å². The van der Waals surface area contributed by atoms with Gasteiger partial charge in [-0.1, -0.05) is 74.3 Å². The molecule has 0 N–H and O–H groups in total. The third kappa shape index (κ3) is 3.15. The molecular weight excluding hydrogens is 383 g/mol. The summed E-state index contributed by atoms with van der Waals surface area (Å²) in [6.07, 6.45) is 0.803. The second kappa shape index (κ2) is 6.86. The van der Waals surface area contributed by atoms with Crippen LogP contribution in [0.2, 0.25) is 0 Å². The normalized spacial score (nSPS) is 11.6. The molecule has 0 radical (unpaired) electrons. The average molecular weight is 400 g/mol. The van der Waals surface area contributed by atoms with E-state index in [0.29, 0.717) is 10.7 Å². The zero-order valence-electron chi connectivity index (χ0n) is 11.4. The van der Waals surface area contributed by atoms with Gasteiger partial charge in [-0.3, -0.25) is 0 Å². The van der Waals surface area contributed by atoms with Crippen molar-refractivity contribution in [2.24, 2.45) is 0 Å². The van der Waals surface area contributed by atoms with Gasteiger partial charge in [0, 0.05) is 16.1 Å². The molecule has 0 aliphatic heterocycles. The standard InChI is InChI=1S/C17H17Br2F/c1-13-6-2-3-7-14(13)10-17(11-18,12-19)15-8-4-5-9-16(15)20/h2-9H,10-12H2,1H3. The Labute approximate surface area is 136 Å². The number of benzene rings is 2. The molecule has 0 heterocycles. The minimum absolute atomic E-state index is 0.139. The van der Waals surface area contributed by atoms with Gasteiger partial charge in [0.25, 0.3) is 0 Å². The van der Waals surface area contributed by atoms with Crippen molar-refractivity contribution >= 4 is 31.9 Å². The second-order valence-corrected chi connectivity index (χ2v) is 6.25. The molecule has 0 aliphatic rings. The van der Waals surface area contributed by atoms with E-state index in [4.69, 9.17) is 0 Å². The topological polar surface area (TPSA) is 0 Å². The summed E-state index contributed by atoms with van der Waals surface area (Å²) in [5, 5.41) is 1.42. The third-order valence-corrected chi connectivity index (χ3v) is 5.89. The highest BCUT2D eigenvalue weighted by molar-refractivity contribution is 9.09. The fourth-order valence-corrected chi connectivity index (χ4v) is 4.36. The highest BCUT2D eigenvalue weighted by Crippen LogP contribution is 2.35.